The molecular weight excluding hydrogens is 449 g/mol. The first-order chi connectivity index (χ1) is 13.8. The molecule has 0 spiro atoms. The zero-order valence-corrected chi connectivity index (χ0v) is 18.3. The molecule has 3 rings (SSSR count). The van der Waals surface area contributed by atoms with Gasteiger partial charge in [0.1, 0.15) is 6.04 Å². The number of nitrogens with zero attached hydrogens (tertiary/aromatic N) is 1. The zero-order valence-electron chi connectivity index (χ0n) is 16.0. The van der Waals surface area contributed by atoms with Crippen molar-refractivity contribution >= 4 is 53.2 Å². The molecule has 1 heterocycles. The molecule has 158 valence electrons. The van der Waals surface area contributed by atoms with E-state index in [1.807, 2.05) is 24.3 Å². The van der Waals surface area contributed by atoms with Gasteiger partial charge >= 0.3 is 5.97 Å². The number of amides is 1. The number of carboxylic acids is 1. The molecule has 2 atom stereocenters. The lowest BCUT2D eigenvalue weighted by Crippen LogP contribution is -2.54. The maximum absolute atomic E-state index is 12.0. The van der Waals surface area contributed by atoms with Gasteiger partial charge in [0.05, 0.1) is 5.69 Å². The van der Waals surface area contributed by atoms with Gasteiger partial charge in [-0.1, -0.05) is 53.4 Å². The number of hydrogen-bond donors (Lipinski definition) is 3. The van der Waals surface area contributed by atoms with E-state index in [9.17, 15) is 14.7 Å². The Morgan fingerprint density at radius 2 is 1.93 bits per heavy atom. The van der Waals surface area contributed by atoms with E-state index in [-0.39, 0.29) is 30.7 Å². The Bertz CT molecular complexity index is 1020. The summed E-state index contributed by atoms with van der Waals surface area (Å²) < 4.78 is 0. The van der Waals surface area contributed by atoms with Crippen LogP contribution < -0.4 is 16.2 Å². The van der Waals surface area contributed by atoms with Gasteiger partial charge in [-0.3, -0.25) is 15.2 Å². The van der Waals surface area contributed by atoms with Crippen molar-refractivity contribution < 1.29 is 14.7 Å². The van der Waals surface area contributed by atoms with E-state index in [2.05, 4.69) is 17.4 Å². The summed E-state index contributed by atoms with van der Waals surface area (Å²) in [7, 11) is 0. The van der Waals surface area contributed by atoms with Crippen LogP contribution in [0.1, 0.15) is 36.0 Å². The molecule has 2 unspecified atom stereocenters. The van der Waals surface area contributed by atoms with Gasteiger partial charge in [-0.15, -0.1) is 12.4 Å². The van der Waals surface area contributed by atoms with Crippen LogP contribution >= 0.6 is 35.6 Å². The maximum Gasteiger partial charge on any atom is 0.328 e. The third-order valence-electron chi connectivity index (χ3n) is 4.79. The van der Waals surface area contributed by atoms with Gasteiger partial charge in [0.15, 0.2) is 0 Å². The quantitative estimate of drug-likeness (QED) is 0.469. The Morgan fingerprint density at radius 1 is 1.27 bits per heavy atom. The highest BCUT2D eigenvalue weighted by atomic mass is 35.5. The average molecular weight is 469 g/mol. The van der Waals surface area contributed by atoms with Crippen molar-refractivity contribution in [1.29, 1.82) is 0 Å². The minimum absolute atomic E-state index is 0. The van der Waals surface area contributed by atoms with Gasteiger partial charge in [0.25, 0.3) is 0 Å². The first kappa shape index (κ1) is 23.7. The Balaban J connectivity index is 0.00000320. The normalized spacial score (nSPS) is 17.1. The summed E-state index contributed by atoms with van der Waals surface area (Å²) in [5.41, 5.74) is 10.9. The van der Waals surface area contributed by atoms with E-state index in [0.717, 1.165) is 16.7 Å². The topological polar surface area (TPSA) is 95.7 Å². The van der Waals surface area contributed by atoms with E-state index < -0.39 is 12.0 Å². The molecule has 0 aromatic heterocycles. The molecule has 0 bridgehead atoms. The van der Waals surface area contributed by atoms with Crippen LogP contribution in [0.25, 0.3) is 0 Å². The Morgan fingerprint density at radius 3 is 2.50 bits per heavy atom. The smallest absolute Gasteiger partial charge is 0.328 e. The molecule has 6 nitrogen and oxygen atoms in total. The summed E-state index contributed by atoms with van der Waals surface area (Å²) in [6.45, 7) is 1.32. The number of hydrazine groups is 1. The van der Waals surface area contributed by atoms with Gasteiger partial charge < -0.3 is 10.8 Å². The van der Waals surface area contributed by atoms with Crippen molar-refractivity contribution in [3.8, 4) is 12.0 Å². The van der Waals surface area contributed by atoms with Gasteiger partial charge in [-0.25, -0.2) is 4.79 Å². The number of hydrogen-bond acceptors (Lipinski definition) is 4. The second-order valence-corrected chi connectivity index (χ2v) is 7.58. The van der Waals surface area contributed by atoms with Crippen molar-refractivity contribution in [2.75, 3.05) is 5.01 Å². The fraction of sp³-hybridized carbons (Fsp3) is 0.238. The number of nitrogens with one attached hydrogen (secondary N) is 1. The molecule has 0 radical (unpaired) electrons. The third kappa shape index (κ3) is 4.93. The van der Waals surface area contributed by atoms with E-state index >= 15 is 0 Å². The largest absolute Gasteiger partial charge is 0.480 e. The summed E-state index contributed by atoms with van der Waals surface area (Å²) in [6, 6.07) is 12.4. The minimum Gasteiger partial charge on any atom is -0.480 e. The molecule has 9 heteroatoms. The number of rotatable bonds is 4. The highest BCUT2D eigenvalue weighted by Crippen LogP contribution is 2.46. The molecule has 1 aliphatic rings. The first-order valence-electron chi connectivity index (χ1n) is 8.87. The summed E-state index contributed by atoms with van der Waals surface area (Å²) in [5.74, 6) is 1.08. The molecule has 2 aromatic rings. The van der Waals surface area contributed by atoms with Crippen LogP contribution in [0.2, 0.25) is 10.0 Å². The number of carbonyl (C=O) groups is 2. The third-order valence-corrected chi connectivity index (χ3v) is 5.32. The average Bonchev–Trinajstić information content (AvgIpc) is 2.66. The van der Waals surface area contributed by atoms with Crippen LogP contribution in [0.15, 0.2) is 36.4 Å². The second-order valence-electron chi connectivity index (χ2n) is 6.74. The summed E-state index contributed by atoms with van der Waals surface area (Å²) >= 11 is 12.7. The number of halogens is 3. The number of benzene rings is 2. The van der Waals surface area contributed by atoms with Gasteiger partial charge in [0, 0.05) is 40.9 Å². The first-order valence-corrected chi connectivity index (χ1v) is 9.63. The number of nitrogens with two attached hydrogens (primary N) is 1. The van der Waals surface area contributed by atoms with Crippen molar-refractivity contribution in [1.82, 2.24) is 5.43 Å². The number of aliphatic carboxylic acids is 1. The highest BCUT2D eigenvalue weighted by molar-refractivity contribution is 6.35. The van der Waals surface area contributed by atoms with Crippen LogP contribution in [-0.4, -0.2) is 23.0 Å². The van der Waals surface area contributed by atoms with Crippen molar-refractivity contribution in [2.45, 2.75) is 31.7 Å². The van der Waals surface area contributed by atoms with E-state index in [4.69, 9.17) is 28.9 Å². The lowest BCUT2D eigenvalue weighted by atomic mass is 9.81. The van der Waals surface area contributed by atoms with Crippen molar-refractivity contribution in [2.24, 2.45) is 5.73 Å². The zero-order chi connectivity index (χ0) is 21.1. The maximum atomic E-state index is 12.0. The molecule has 4 N–H and O–H groups in total. The number of carboxylic acid groups (broad SMARTS) is 1. The molecule has 2 aromatic carbocycles. The predicted molar refractivity (Wildman–Crippen MR) is 120 cm³/mol. The Kier molecular flexibility index (Phi) is 7.85. The number of fused-ring (bicyclic) bond motifs is 1. The van der Waals surface area contributed by atoms with Crippen molar-refractivity contribution in [3.05, 3.63) is 63.1 Å². The number of carbonyl (C=O) groups excluding carboxylic acids is 1. The van der Waals surface area contributed by atoms with E-state index in [1.165, 1.54) is 11.9 Å². The number of anilines is 1. The standard InChI is InChI=1S/C21H19Cl2N3O3.ClH/c1-12(27)25-26-18-10-15(22)9-17(23)20(18)16(11-19(26)21(28)29)14-6-4-13(5-7-14)3-2-8-24;/h4-7,9-10,16,19H,3,11,24H2,1H3,(H,25,27)(H,28,29);1H. The summed E-state index contributed by atoms with van der Waals surface area (Å²) in [5, 5.41) is 11.9. The molecule has 1 amide bonds. The van der Waals surface area contributed by atoms with Crippen LogP contribution in [0.5, 0.6) is 0 Å². The fourth-order valence-electron chi connectivity index (χ4n) is 3.57. The molecule has 30 heavy (non-hydrogen) atoms. The summed E-state index contributed by atoms with van der Waals surface area (Å²) in [4.78, 5) is 23.7. The highest BCUT2D eigenvalue weighted by Gasteiger charge is 2.39. The van der Waals surface area contributed by atoms with Crippen LogP contribution in [0.4, 0.5) is 5.69 Å². The Hall–Kier alpha value is -2.59. The van der Waals surface area contributed by atoms with Crippen molar-refractivity contribution in [3.63, 3.8) is 0 Å². The Labute approximate surface area is 190 Å². The monoisotopic (exact) mass is 467 g/mol. The second kappa shape index (κ2) is 9.94. The molecule has 0 aliphatic carbocycles. The van der Waals surface area contributed by atoms with Gasteiger partial charge in [0.2, 0.25) is 5.91 Å². The lowest BCUT2D eigenvalue weighted by molar-refractivity contribution is -0.139. The fourth-order valence-corrected chi connectivity index (χ4v) is 4.19. The molecule has 0 fully saturated rings. The van der Waals surface area contributed by atoms with Crippen LogP contribution in [0, 0.1) is 12.0 Å². The molecule has 0 saturated carbocycles. The van der Waals surface area contributed by atoms with Gasteiger partial charge in [-0.2, -0.15) is 0 Å². The molecular formula is C21H20Cl3N3O3. The molecule has 0 saturated heterocycles. The van der Waals surface area contributed by atoms with Gasteiger partial charge in [-0.05, 0) is 29.7 Å². The van der Waals surface area contributed by atoms with E-state index in [1.54, 1.807) is 12.1 Å². The SMILES string of the molecule is CC(=O)NN1c2cc(Cl)cc(Cl)c2C(c2ccc(CC#CN)cc2)CC1C(=O)O.Cl. The minimum atomic E-state index is -1.06. The lowest BCUT2D eigenvalue weighted by Gasteiger charge is -2.40. The van der Waals surface area contributed by atoms with E-state index in [0.29, 0.717) is 22.2 Å². The predicted octanol–water partition coefficient (Wildman–Crippen LogP) is 3.72. The molecule has 1 aliphatic heterocycles. The van der Waals surface area contributed by atoms with Crippen LogP contribution in [0.3, 0.4) is 0 Å². The summed E-state index contributed by atoms with van der Waals surface area (Å²) in [6.07, 6.45) is 0.758. The van der Waals surface area contributed by atoms with Crippen LogP contribution in [-0.2, 0) is 16.0 Å².